The van der Waals surface area contributed by atoms with Gasteiger partial charge in [0, 0.05) is 24.2 Å². The average molecular weight is 359 g/mol. The highest BCUT2D eigenvalue weighted by atomic mass is 16.1. The SMILES string of the molecule is CCC1CCC2(C)C3CC(=O)C4C(CCCC4(C)C)C3(C)C(=O)CC12C. The van der Waals surface area contributed by atoms with Crippen LogP contribution in [0.2, 0.25) is 0 Å². The van der Waals surface area contributed by atoms with Gasteiger partial charge in [0.15, 0.2) is 0 Å². The summed E-state index contributed by atoms with van der Waals surface area (Å²) in [6, 6.07) is 0. The van der Waals surface area contributed by atoms with Crippen molar-refractivity contribution in [2.45, 2.75) is 92.9 Å². The highest BCUT2D eigenvalue weighted by Crippen LogP contribution is 2.73. The molecule has 0 bridgehead atoms. The highest BCUT2D eigenvalue weighted by molar-refractivity contribution is 5.93. The molecule has 4 rings (SSSR count). The van der Waals surface area contributed by atoms with Gasteiger partial charge in [-0.1, -0.05) is 54.4 Å². The number of rotatable bonds is 1. The molecule has 0 radical (unpaired) electrons. The van der Waals surface area contributed by atoms with Crippen LogP contribution in [0, 0.1) is 45.3 Å². The van der Waals surface area contributed by atoms with E-state index in [1.165, 1.54) is 19.3 Å². The van der Waals surface area contributed by atoms with Gasteiger partial charge in [0.05, 0.1) is 0 Å². The smallest absolute Gasteiger partial charge is 0.139 e. The fourth-order valence-corrected chi connectivity index (χ4v) is 8.68. The van der Waals surface area contributed by atoms with E-state index in [1.54, 1.807) is 0 Å². The fourth-order valence-electron chi connectivity index (χ4n) is 8.68. The molecule has 7 unspecified atom stereocenters. The molecule has 7 atom stereocenters. The molecule has 0 saturated heterocycles. The van der Waals surface area contributed by atoms with E-state index in [1.807, 2.05) is 0 Å². The Morgan fingerprint density at radius 1 is 0.962 bits per heavy atom. The zero-order valence-electron chi connectivity index (χ0n) is 17.8. The minimum absolute atomic E-state index is 0.0531. The first-order chi connectivity index (χ1) is 12.0. The van der Waals surface area contributed by atoms with Crippen molar-refractivity contribution < 1.29 is 9.59 Å². The van der Waals surface area contributed by atoms with Crippen molar-refractivity contribution in [2.24, 2.45) is 45.3 Å². The van der Waals surface area contributed by atoms with Crippen LogP contribution in [0.15, 0.2) is 0 Å². The Morgan fingerprint density at radius 2 is 1.65 bits per heavy atom. The van der Waals surface area contributed by atoms with E-state index in [-0.39, 0.29) is 39.4 Å². The van der Waals surface area contributed by atoms with Crippen LogP contribution >= 0.6 is 0 Å². The molecule has 2 nitrogen and oxygen atoms in total. The van der Waals surface area contributed by atoms with E-state index in [2.05, 4.69) is 41.5 Å². The molecule has 0 aliphatic heterocycles. The lowest BCUT2D eigenvalue weighted by molar-refractivity contribution is -0.192. The van der Waals surface area contributed by atoms with E-state index >= 15 is 0 Å². The Bertz CT molecular complexity index is 649. The lowest BCUT2D eigenvalue weighted by atomic mass is 9.37. The number of carbonyl (C=O) groups excluding carboxylic acids is 2. The van der Waals surface area contributed by atoms with Crippen LogP contribution in [0.3, 0.4) is 0 Å². The standard InChI is InChI=1S/C24H38O2/c1-7-15-10-12-22(4)18-13-17(25)20-16(9-8-11-21(20,2)3)24(18,6)19(26)14-23(15,22)5/h15-16,18,20H,7-14H2,1-6H3. The van der Waals surface area contributed by atoms with Crippen LogP contribution in [-0.2, 0) is 9.59 Å². The molecule has 4 aliphatic carbocycles. The second kappa shape index (κ2) is 5.45. The zero-order chi connectivity index (χ0) is 19.1. The van der Waals surface area contributed by atoms with Crippen LogP contribution in [-0.4, -0.2) is 11.6 Å². The van der Waals surface area contributed by atoms with Gasteiger partial charge in [-0.25, -0.2) is 0 Å². The van der Waals surface area contributed by atoms with E-state index in [0.29, 0.717) is 23.9 Å². The molecule has 4 aliphatic rings. The van der Waals surface area contributed by atoms with Gasteiger partial charge < -0.3 is 0 Å². The lowest BCUT2D eigenvalue weighted by Gasteiger charge is -2.65. The first kappa shape index (κ1) is 18.7. The van der Waals surface area contributed by atoms with Gasteiger partial charge >= 0.3 is 0 Å². The highest BCUT2D eigenvalue weighted by Gasteiger charge is 2.71. The number of hydrogen-bond donors (Lipinski definition) is 0. The van der Waals surface area contributed by atoms with Gasteiger partial charge in [-0.15, -0.1) is 0 Å². The first-order valence-corrected chi connectivity index (χ1v) is 11.1. The molecule has 146 valence electrons. The van der Waals surface area contributed by atoms with Gasteiger partial charge in [0.1, 0.15) is 11.6 Å². The summed E-state index contributed by atoms with van der Waals surface area (Å²) in [7, 11) is 0. The molecule has 4 fully saturated rings. The molecule has 26 heavy (non-hydrogen) atoms. The normalized spacial score (nSPS) is 53.0. The van der Waals surface area contributed by atoms with Crippen molar-refractivity contribution in [3.63, 3.8) is 0 Å². The van der Waals surface area contributed by atoms with Crippen LogP contribution < -0.4 is 0 Å². The third-order valence-corrected chi connectivity index (χ3v) is 10.4. The van der Waals surface area contributed by atoms with Crippen molar-refractivity contribution in [3.05, 3.63) is 0 Å². The minimum Gasteiger partial charge on any atom is -0.299 e. The molecule has 0 aromatic carbocycles. The van der Waals surface area contributed by atoms with Crippen molar-refractivity contribution in [1.29, 1.82) is 0 Å². The minimum atomic E-state index is -0.285. The summed E-state index contributed by atoms with van der Waals surface area (Å²) in [6.45, 7) is 13.9. The van der Waals surface area contributed by atoms with Crippen molar-refractivity contribution >= 4 is 11.6 Å². The third kappa shape index (κ3) is 2.00. The maximum absolute atomic E-state index is 13.8. The monoisotopic (exact) mass is 358 g/mol. The molecule has 0 aromatic heterocycles. The molecule has 0 spiro atoms. The summed E-state index contributed by atoms with van der Waals surface area (Å²) in [4.78, 5) is 27.2. The van der Waals surface area contributed by atoms with Gasteiger partial charge in [-0.2, -0.15) is 0 Å². The van der Waals surface area contributed by atoms with Crippen LogP contribution in [0.1, 0.15) is 92.9 Å². The first-order valence-electron chi connectivity index (χ1n) is 11.1. The van der Waals surface area contributed by atoms with E-state index in [4.69, 9.17) is 0 Å². The molecule has 0 heterocycles. The second-order valence-electron chi connectivity index (χ2n) is 11.5. The summed E-state index contributed by atoms with van der Waals surface area (Å²) < 4.78 is 0. The van der Waals surface area contributed by atoms with Crippen LogP contribution in [0.5, 0.6) is 0 Å². The molecule has 4 saturated carbocycles. The summed E-state index contributed by atoms with van der Waals surface area (Å²) >= 11 is 0. The largest absolute Gasteiger partial charge is 0.299 e. The van der Waals surface area contributed by atoms with E-state index in [0.717, 1.165) is 25.7 Å². The number of hydrogen-bond acceptors (Lipinski definition) is 2. The zero-order valence-corrected chi connectivity index (χ0v) is 17.8. The molecular weight excluding hydrogens is 320 g/mol. The number of carbonyl (C=O) groups is 2. The van der Waals surface area contributed by atoms with E-state index in [9.17, 15) is 9.59 Å². The fraction of sp³-hybridized carbons (Fsp3) is 0.917. The second-order valence-corrected chi connectivity index (χ2v) is 11.5. The van der Waals surface area contributed by atoms with Gasteiger partial charge in [0.25, 0.3) is 0 Å². The average Bonchev–Trinajstić information content (AvgIpc) is 2.81. The Labute approximate surface area is 159 Å². The quantitative estimate of drug-likeness (QED) is 0.591. The lowest BCUT2D eigenvalue weighted by Crippen LogP contribution is -2.66. The summed E-state index contributed by atoms with van der Waals surface area (Å²) in [6.07, 6.45) is 8.35. The summed E-state index contributed by atoms with van der Waals surface area (Å²) in [5.41, 5.74) is -0.0103. The molecule has 0 aromatic rings. The van der Waals surface area contributed by atoms with Crippen molar-refractivity contribution in [1.82, 2.24) is 0 Å². The van der Waals surface area contributed by atoms with Gasteiger partial charge in [0.2, 0.25) is 0 Å². The van der Waals surface area contributed by atoms with Gasteiger partial charge in [-0.3, -0.25) is 9.59 Å². The third-order valence-electron chi connectivity index (χ3n) is 10.4. The number of fused-ring (bicyclic) bond motifs is 5. The van der Waals surface area contributed by atoms with Crippen molar-refractivity contribution in [3.8, 4) is 0 Å². The summed E-state index contributed by atoms with van der Waals surface area (Å²) in [5.74, 6) is 2.21. The van der Waals surface area contributed by atoms with Crippen LogP contribution in [0.25, 0.3) is 0 Å². The Balaban J connectivity index is 1.83. The number of Topliss-reactive ketones (excluding diaryl/α,β-unsaturated/α-hetero) is 2. The topological polar surface area (TPSA) is 34.1 Å². The predicted molar refractivity (Wildman–Crippen MR) is 105 cm³/mol. The Hall–Kier alpha value is -0.660. The number of ketones is 2. The molecule has 0 amide bonds. The predicted octanol–water partition coefficient (Wildman–Crippen LogP) is 5.83. The molecular formula is C24H38O2. The molecule has 2 heteroatoms. The Morgan fingerprint density at radius 3 is 2.31 bits per heavy atom. The Kier molecular flexibility index (Phi) is 3.92. The van der Waals surface area contributed by atoms with Crippen LogP contribution in [0.4, 0.5) is 0 Å². The maximum atomic E-state index is 13.8. The van der Waals surface area contributed by atoms with E-state index < -0.39 is 0 Å². The van der Waals surface area contributed by atoms with Crippen molar-refractivity contribution in [2.75, 3.05) is 0 Å². The molecule has 0 N–H and O–H groups in total. The maximum Gasteiger partial charge on any atom is 0.139 e. The van der Waals surface area contributed by atoms with Gasteiger partial charge in [-0.05, 0) is 59.7 Å². The summed E-state index contributed by atoms with van der Waals surface area (Å²) in [5, 5.41) is 0.